The van der Waals surface area contributed by atoms with Crippen molar-refractivity contribution in [3.63, 3.8) is 0 Å². The predicted molar refractivity (Wildman–Crippen MR) is 82.9 cm³/mol. The fourth-order valence-electron chi connectivity index (χ4n) is 2.73. The van der Waals surface area contributed by atoms with Crippen molar-refractivity contribution in [1.29, 1.82) is 0 Å². The van der Waals surface area contributed by atoms with Crippen molar-refractivity contribution in [1.82, 2.24) is 15.1 Å². The molecule has 1 amide bonds. The first-order valence-corrected chi connectivity index (χ1v) is 7.79. The summed E-state index contributed by atoms with van der Waals surface area (Å²) in [5, 5.41) is 11.6. The molecule has 1 aromatic carbocycles. The topological polar surface area (TPSA) is 55.8 Å². The van der Waals surface area contributed by atoms with Crippen molar-refractivity contribution in [3.8, 4) is 0 Å². The minimum Gasteiger partial charge on any atom is -0.395 e. The molecule has 1 aromatic rings. The third-order valence-corrected chi connectivity index (χ3v) is 4.05. The number of carbonyl (C=O) groups is 1. The molecule has 5 nitrogen and oxygen atoms in total. The van der Waals surface area contributed by atoms with Crippen molar-refractivity contribution in [3.05, 3.63) is 35.4 Å². The molecular weight excluding hydrogens is 304 g/mol. The third kappa shape index (κ3) is 5.23. The smallest absolute Gasteiger partial charge is 0.234 e. The second-order valence-corrected chi connectivity index (χ2v) is 5.80. The van der Waals surface area contributed by atoms with Crippen LogP contribution in [0, 0.1) is 11.6 Å². The molecular formula is C16H23F2N3O2. The lowest BCUT2D eigenvalue weighted by atomic mass is 10.1. The standard InChI is InChI=1S/C16H23F2N3O2/c1-12(14-3-2-13(17)10-15(14)18)19-16(23)11-21-6-4-20(5-7-21)8-9-22/h2-3,10,12,22H,4-9,11H2,1H3,(H,19,23). The summed E-state index contributed by atoms with van der Waals surface area (Å²) in [7, 11) is 0. The number of nitrogens with one attached hydrogen (secondary N) is 1. The number of amides is 1. The number of halogens is 2. The molecule has 1 unspecified atom stereocenters. The van der Waals surface area contributed by atoms with Crippen LogP contribution in [-0.2, 0) is 4.79 Å². The van der Waals surface area contributed by atoms with Crippen molar-refractivity contribution < 1.29 is 18.7 Å². The van der Waals surface area contributed by atoms with E-state index >= 15 is 0 Å². The molecule has 128 valence electrons. The molecule has 1 aliphatic heterocycles. The van der Waals surface area contributed by atoms with E-state index in [0.29, 0.717) is 6.54 Å². The molecule has 23 heavy (non-hydrogen) atoms. The number of hydrogen-bond donors (Lipinski definition) is 2. The number of carbonyl (C=O) groups excluding carboxylic acids is 1. The Labute approximate surface area is 134 Å². The van der Waals surface area contributed by atoms with E-state index in [-0.39, 0.29) is 24.6 Å². The van der Waals surface area contributed by atoms with Gasteiger partial charge in [-0.1, -0.05) is 6.07 Å². The van der Waals surface area contributed by atoms with Crippen LogP contribution < -0.4 is 5.32 Å². The Morgan fingerprint density at radius 2 is 1.91 bits per heavy atom. The van der Waals surface area contributed by atoms with Crippen molar-refractivity contribution in [2.75, 3.05) is 45.9 Å². The molecule has 0 bridgehead atoms. The SMILES string of the molecule is CC(NC(=O)CN1CCN(CCO)CC1)c1ccc(F)cc1F. The molecule has 2 rings (SSSR count). The van der Waals surface area contributed by atoms with Crippen LogP contribution in [0.4, 0.5) is 8.78 Å². The van der Waals surface area contributed by atoms with E-state index in [1.54, 1.807) is 6.92 Å². The predicted octanol–water partition coefficient (Wildman–Crippen LogP) is 0.752. The van der Waals surface area contributed by atoms with Crippen LogP contribution in [0.3, 0.4) is 0 Å². The van der Waals surface area contributed by atoms with Crippen LogP contribution in [0.15, 0.2) is 18.2 Å². The number of β-amino-alcohol motifs (C(OH)–C–C–N with tert-alkyl or cyclic N) is 1. The highest BCUT2D eigenvalue weighted by Gasteiger charge is 2.20. The molecule has 1 saturated heterocycles. The number of hydrogen-bond acceptors (Lipinski definition) is 4. The summed E-state index contributed by atoms with van der Waals surface area (Å²) >= 11 is 0. The van der Waals surface area contributed by atoms with E-state index in [1.165, 1.54) is 12.1 Å². The van der Waals surface area contributed by atoms with E-state index in [9.17, 15) is 13.6 Å². The van der Waals surface area contributed by atoms with E-state index in [4.69, 9.17) is 5.11 Å². The average Bonchev–Trinajstić information content (AvgIpc) is 2.49. The second-order valence-electron chi connectivity index (χ2n) is 5.80. The highest BCUT2D eigenvalue weighted by atomic mass is 19.1. The maximum atomic E-state index is 13.7. The van der Waals surface area contributed by atoms with Gasteiger partial charge in [0.25, 0.3) is 0 Å². The molecule has 7 heteroatoms. The molecule has 0 saturated carbocycles. The van der Waals surface area contributed by atoms with Crippen molar-refractivity contribution >= 4 is 5.91 Å². The summed E-state index contributed by atoms with van der Waals surface area (Å²) in [5.74, 6) is -1.47. The molecule has 0 aliphatic carbocycles. The second kappa shape index (κ2) is 8.33. The lowest BCUT2D eigenvalue weighted by molar-refractivity contribution is -0.123. The van der Waals surface area contributed by atoms with Gasteiger partial charge in [-0.3, -0.25) is 14.6 Å². The van der Waals surface area contributed by atoms with Gasteiger partial charge in [-0.15, -0.1) is 0 Å². The van der Waals surface area contributed by atoms with Gasteiger partial charge in [-0.05, 0) is 13.0 Å². The summed E-state index contributed by atoms with van der Waals surface area (Å²) in [4.78, 5) is 16.2. The van der Waals surface area contributed by atoms with Crippen LogP contribution in [0.5, 0.6) is 0 Å². The molecule has 0 spiro atoms. The van der Waals surface area contributed by atoms with Gasteiger partial charge in [-0.25, -0.2) is 8.78 Å². The zero-order valence-electron chi connectivity index (χ0n) is 13.3. The van der Waals surface area contributed by atoms with Crippen LogP contribution >= 0.6 is 0 Å². The zero-order valence-corrected chi connectivity index (χ0v) is 13.3. The summed E-state index contributed by atoms with van der Waals surface area (Å²) in [5.41, 5.74) is 0.271. The minimum atomic E-state index is -0.657. The van der Waals surface area contributed by atoms with Gasteiger partial charge < -0.3 is 10.4 Å². The Kier molecular flexibility index (Phi) is 6.44. The van der Waals surface area contributed by atoms with Gasteiger partial charge in [0.2, 0.25) is 5.91 Å². The van der Waals surface area contributed by atoms with Gasteiger partial charge in [-0.2, -0.15) is 0 Å². The Balaban J connectivity index is 1.80. The highest BCUT2D eigenvalue weighted by Crippen LogP contribution is 2.17. The first kappa shape index (κ1) is 17.8. The zero-order chi connectivity index (χ0) is 16.8. The highest BCUT2D eigenvalue weighted by molar-refractivity contribution is 5.78. The molecule has 1 atom stereocenters. The first-order chi connectivity index (χ1) is 11.0. The number of piperazine rings is 1. The number of aliphatic hydroxyl groups is 1. The molecule has 1 heterocycles. The van der Waals surface area contributed by atoms with E-state index in [0.717, 1.165) is 32.2 Å². The summed E-state index contributed by atoms with van der Waals surface area (Å²) in [6.45, 7) is 5.86. The Bertz CT molecular complexity index is 534. The molecule has 2 N–H and O–H groups in total. The summed E-state index contributed by atoms with van der Waals surface area (Å²) in [6, 6.07) is 2.84. The lowest BCUT2D eigenvalue weighted by Crippen LogP contribution is -2.50. The number of nitrogens with zero attached hydrogens (tertiary/aromatic N) is 2. The van der Waals surface area contributed by atoms with Gasteiger partial charge in [0.15, 0.2) is 0 Å². The van der Waals surface area contributed by atoms with Crippen molar-refractivity contribution in [2.45, 2.75) is 13.0 Å². The fourth-order valence-corrected chi connectivity index (χ4v) is 2.73. The maximum absolute atomic E-state index is 13.7. The largest absolute Gasteiger partial charge is 0.395 e. The van der Waals surface area contributed by atoms with E-state index in [1.807, 2.05) is 4.90 Å². The summed E-state index contributed by atoms with van der Waals surface area (Å²) < 4.78 is 26.6. The van der Waals surface area contributed by atoms with Crippen LogP contribution in [-0.4, -0.2) is 66.7 Å². The lowest BCUT2D eigenvalue weighted by Gasteiger charge is -2.34. The quantitative estimate of drug-likeness (QED) is 0.810. The molecule has 0 aromatic heterocycles. The third-order valence-electron chi connectivity index (χ3n) is 4.05. The molecule has 0 radical (unpaired) electrons. The summed E-state index contributed by atoms with van der Waals surface area (Å²) in [6.07, 6.45) is 0. The van der Waals surface area contributed by atoms with Crippen LogP contribution in [0.2, 0.25) is 0 Å². The van der Waals surface area contributed by atoms with Gasteiger partial charge in [0.05, 0.1) is 19.2 Å². The monoisotopic (exact) mass is 327 g/mol. The van der Waals surface area contributed by atoms with E-state index < -0.39 is 17.7 Å². The normalized spacial score (nSPS) is 17.9. The first-order valence-electron chi connectivity index (χ1n) is 7.79. The number of aliphatic hydroxyl groups excluding tert-OH is 1. The number of rotatable bonds is 6. The fraction of sp³-hybridized carbons (Fsp3) is 0.562. The Morgan fingerprint density at radius 1 is 1.26 bits per heavy atom. The molecule has 1 fully saturated rings. The van der Waals surface area contributed by atoms with Crippen molar-refractivity contribution in [2.24, 2.45) is 0 Å². The van der Waals surface area contributed by atoms with Crippen LogP contribution in [0.25, 0.3) is 0 Å². The Hall–Kier alpha value is -1.57. The van der Waals surface area contributed by atoms with Gasteiger partial charge >= 0.3 is 0 Å². The maximum Gasteiger partial charge on any atom is 0.234 e. The van der Waals surface area contributed by atoms with E-state index in [2.05, 4.69) is 10.2 Å². The van der Waals surface area contributed by atoms with Crippen LogP contribution in [0.1, 0.15) is 18.5 Å². The average molecular weight is 327 g/mol. The van der Waals surface area contributed by atoms with Gasteiger partial charge in [0, 0.05) is 44.4 Å². The molecule has 1 aliphatic rings. The van der Waals surface area contributed by atoms with Gasteiger partial charge in [0.1, 0.15) is 11.6 Å². The number of benzene rings is 1. The minimum absolute atomic E-state index is 0.140. The Morgan fingerprint density at radius 3 is 2.52 bits per heavy atom.